The zero-order chi connectivity index (χ0) is 14.8. The summed E-state index contributed by atoms with van der Waals surface area (Å²) in [5, 5.41) is 0. The first-order valence-corrected chi connectivity index (χ1v) is 6.99. The SMILES string of the molecule is NCC1CN(c2ccc(N3CCOCC3)c(F)c2)C(=O)O1. The van der Waals surface area contributed by atoms with Gasteiger partial charge in [-0.3, -0.25) is 4.90 Å². The van der Waals surface area contributed by atoms with Crippen molar-refractivity contribution >= 4 is 17.5 Å². The van der Waals surface area contributed by atoms with Crippen molar-refractivity contribution < 1.29 is 18.7 Å². The Bertz CT molecular complexity index is 534. The van der Waals surface area contributed by atoms with Crippen LogP contribution in [-0.2, 0) is 9.47 Å². The van der Waals surface area contributed by atoms with Gasteiger partial charge in [-0.15, -0.1) is 0 Å². The molecule has 2 heterocycles. The smallest absolute Gasteiger partial charge is 0.414 e. The van der Waals surface area contributed by atoms with Gasteiger partial charge in [-0.05, 0) is 18.2 Å². The Kier molecular flexibility index (Phi) is 3.94. The molecule has 0 radical (unpaired) electrons. The lowest BCUT2D eigenvalue weighted by atomic mass is 10.2. The van der Waals surface area contributed by atoms with E-state index in [2.05, 4.69) is 0 Å². The van der Waals surface area contributed by atoms with Crippen LogP contribution in [0.15, 0.2) is 18.2 Å². The van der Waals surface area contributed by atoms with E-state index in [4.69, 9.17) is 15.2 Å². The number of hydrogen-bond acceptors (Lipinski definition) is 5. The molecule has 6 nitrogen and oxygen atoms in total. The average molecular weight is 295 g/mol. The van der Waals surface area contributed by atoms with E-state index < -0.39 is 6.09 Å². The molecule has 21 heavy (non-hydrogen) atoms. The van der Waals surface area contributed by atoms with Gasteiger partial charge >= 0.3 is 6.09 Å². The Hall–Kier alpha value is -1.86. The highest BCUT2D eigenvalue weighted by atomic mass is 19.1. The minimum atomic E-state index is -0.482. The minimum absolute atomic E-state index is 0.260. The summed E-state index contributed by atoms with van der Waals surface area (Å²) in [6, 6.07) is 4.79. The van der Waals surface area contributed by atoms with E-state index in [1.54, 1.807) is 12.1 Å². The van der Waals surface area contributed by atoms with Gasteiger partial charge in [0.1, 0.15) is 11.9 Å². The van der Waals surface area contributed by atoms with Crippen LogP contribution in [0.3, 0.4) is 0 Å². The van der Waals surface area contributed by atoms with Crippen LogP contribution in [-0.4, -0.2) is 51.6 Å². The Balaban J connectivity index is 1.79. The number of amides is 1. The number of halogens is 1. The lowest BCUT2D eigenvalue weighted by Gasteiger charge is -2.29. The molecule has 0 aromatic heterocycles. The summed E-state index contributed by atoms with van der Waals surface area (Å²) < 4.78 is 24.6. The van der Waals surface area contributed by atoms with Crippen LogP contribution in [0, 0.1) is 5.82 Å². The van der Waals surface area contributed by atoms with Gasteiger partial charge in [-0.2, -0.15) is 0 Å². The standard InChI is InChI=1S/C14H18FN3O3/c15-12-7-10(18-9-11(8-16)21-14(18)19)1-2-13(12)17-3-5-20-6-4-17/h1-2,7,11H,3-6,8-9,16H2. The van der Waals surface area contributed by atoms with Gasteiger partial charge in [0.2, 0.25) is 0 Å². The fraction of sp³-hybridized carbons (Fsp3) is 0.500. The second-order valence-electron chi connectivity index (χ2n) is 5.09. The summed E-state index contributed by atoms with van der Waals surface area (Å²) >= 11 is 0. The predicted molar refractivity (Wildman–Crippen MR) is 76.1 cm³/mol. The molecule has 0 aliphatic carbocycles. The normalized spacial score (nSPS) is 22.6. The van der Waals surface area contributed by atoms with Crippen molar-refractivity contribution in [2.45, 2.75) is 6.10 Å². The number of nitrogens with zero attached hydrogens (tertiary/aromatic N) is 2. The van der Waals surface area contributed by atoms with Gasteiger partial charge < -0.3 is 20.1 Å². The molecule has 2 aliphatic heterocycles. The summed E-state index contributed by atoms with van der Waals surface area (Å²) in [6.45, 7) is 3.13. The summed E-state index contributed by atoms with van der Waals surface area (Å²) in [6.07, 6.45) is -0.816. The molecule has 1 atom stereocenters. The number of cyclic esters (lactones) is 1. The number of carbonyl (C=O) groups is 1. The van der Waals surface area contributed by atoms with Crippen LogP contribution >= 0.6 is 0 Å². The van der Waals surface area contributed by atoms with Gasteiger partial charge in [0.05, 0.1) is 31.1 Å². The molecule has 2 fully saturated rings. The molecule has 0 saturated carbocycles. The van der Waals surface area contributed by atoms with Crippen molar-refractivity contribution in [1.29, 1.82) is 0 Å². The fourth-order valence-corrected chi connectivity index (χ4v) is 2.58. The third kappa shape index (κ3) is 2.79. The molecule has 1 amide bonds. The molecule has 114 valence electrons. The molecule has 2 saturated heterocycles. The number of morpholine rings is 1. The monoisotopic (exact) mass is 295 g/mol. The highest BCUT2D eigenvalue weighted by Gasteiger charge is 2.32. The minimum Gasteiger partial charge on any atom is -0.443 e. The van der Waals surface area contributed by atoms with Crippen LogP contribution in [0.4, 0.5) is 20.6 Å². The first-order valence-electron chi connectivity index (χ1n) is 6.99. The quantitative estimate of drug-likeness (QED) is 0.899. The number of ether oxygens (including phenoxy) is 2. The average Bonchev–Trinajstić information content (AvgIpc) is 2.89. The maximum absolute atomic E-state index is 14.3. The molecule has 1 unspecified atom stereocenters. The lowest BCUT2D eigenvalue weighted by Crippen LogP contribution is -2.36. The van der Waals surface area contributed by atoms with E-state index >= 15 is 0 Å². The number of benzene rings is 1. The van der Waals surface area contributed by atoms with Crippen molar-refractivity contribution in [2.24, 2.45) is 5.73 Å². The first-order chi connectivity index (χ1) is 10.2. The van der Waals surface area contributed by atoms with E-state index in [0.29, 0.717) is 44.2 Å². The lowest BCUT2D eigenvalue weighted by molar-refractivity contribution is 0.122. The second-order valence-corrected chi connectivity index (χ2v) is 5.09. The van der Waals surface area contributed by atoms with E-state index in [1.807, 2.05) is 4.90 Å². The Labute approximate surface area is 122 Å². The van der Waals surface area contributed by atoms with Crippen molar-refractivity contribution in [3.8, 4) is 0 Å². The largest absolute Gasteiger partial charge is 0.443 e. The first kappa shape index (κ1) is 14.1. The van der Waals surface area contributed by atoms with E-state index in [-0.39, 0.29) is 18.5 Å². The molecule has 0 spiro atoms. The zero-order valence-electron chi connectivity index (χ0n) is 11.6. The van der Waals surface area contributed by atoms with Crippen molar-refractivity contribution in [3.63, 3.8) is 0 Å². The summed E-state index contributed by atoms with van der Waals surface area (Å²) in [7, 11) is 0. The van der Waals surface area contributed by atoms with E-state index in [0.717, 1.165) is 0 Å². The van der Waals surface area contributed by atoms with Crippen molar-refractivity contribution in [1.82, 2.24) is 0 Å². The highest BCUT2D eigenvalue weighted by molar-refractivity contribution is 5.90. The van der Waals surface area contributed by atoms with Gasteiger partial charge in [0, 0.05) is 19.6 Å². The number of hydrogen-bond donors (Lipinski definition) is 1. The van der Waals surface area contributed by atoms with Gasteiger partial charge in [0.15, 0.2) is 0 Å². The van der Waals surface area contributed by atoms with Gasteiger partial charge in [-0.1, -0.05) is 0 Å². The summed E-state index contributed by atoms with van der Waals surface area (Å²) in [5.41, 5.74) is 6.51. The van der Waals surface area contributed by atoms with E-state index in [1.165, 1.54) is 11.0 Å². The van der Waals surface area contributed by atoms with E-state index in [9.17, 15) is 9.18 Å². The van der Waals surface area contributed by atoms with Crippen LogP contribution in [0.25, 0.3) is 0 Å². The molecule has 1 aromatic carbocycles. The third-order valence-corrected chi connectivity index (χ3v) is 3.73. The summed E-state index contributed by atoms with van der Waals surface area (Å²) in [5.74, 6) is -0.349. The number of anilines is 2. The molecule has 0 bridgehead atoms. The Morgan fingerprint density at radius 2 is 2.10 bits per heavy atom. The summed E-state index contributed by atoms with van der Waals surface area (Å²) in [4.78, 5) is 15.1. The predicted octanol–water partition coefficient (Wildman–Crippen LogP) is 0.946. The number of nitrogens with two attached hydrogens (primary N) is 1. The molecule has 7 heteroatoms. The maximum Gasteiger partial charge on any atom is 0.414 e. The highest BCUT2D eigenvalue weighted by Crippen LogP contribution is 2.28. The van der Waals surface area contributed by atoms with Crippen LogP contribution in [0.1, 0.15) is 0 Å². The molecule has 3 rings (SSSR count). The third-order valence-electron chi connectivity index (χ3n) is 3.73. The fourth-order valence-electron chi connectivity index (χ4n) is 2.58. The number of rotatable bonds is 3. The maximum atomic E-state index is 14.3. The number of carbonyl (C=O) groups excluding carboxylic acids is 1. The molecular formula is C14H18FN3O3. The van der Waals surface area contributed by atoms with Crippen molar-refractivity contribution in [3.05, 3.63) is 24.0 Å². The van der Waals surface area contributed by atoms with Crippen molar-refractivity contribution in [2.75, 3.05) is 49.2 Å². The molecular weight excluding hydrogens is 277 g/mol. The second kappa shape index (κ2) is 5.87. The van der Waals surface area contributed by atoms with Crippen LogP contribution < -0.4 is 15.5 Å². The van der Waals surface area contributed by atoms with Gasteiger partial charge in [-0.25, -0.2) is 9.18 Å². The van der Waals surface area contributed by atoms with Crippen LogP contribution in [0.5, 0.6) is 0 Å². The zero-order valence-corrected chi connectivity index (χ0v) is 11.6. The molecule has 2 aliphatic rings. The van der Waals surface area contributed by atoms with Crippen LogP contribution in [0.2, 0.25) is 0 Å². The van der Waals surface area contributed by atoms with Gasteiger partial charge in [0.25, 0.3) is 0 Å². The molecule has 1 aromatic rings. The Morgan fingerprint density at radius 1 is 1.33 bits per heavy atom. The molecule has 2 N–H and O–H groups in total. The Morgan fingerprint density at radius 3 is 2.71 bits per heavy atom. The topological polar surface area (TPSA) is 68.0 Å².